The van der Waals surface area contributed by atoms with Crippen LogP contribution >= 0.6 is 0 Å². The molecule has 6 heteroatoms. The molecular weight excluding hydrogens is 345 g/mol. The lowest BCUT2D eigenvalue weighted by Gasteiger charge is -2.20. The smallest absolute Gasteiger partial charge is 0.276 e. The van der Waals surface area contributed by atoms with Crippen LogP contribution in [0.5, 0.6) is 0 Å². The zero-order valence-electron chi connectivity index (χ0n) is 14.7. The van der Waals surface area contributed by atoms with Crippen molar-refractivity contribution in [3.63, 3.8) is 0 Å². The van der Waals surface area contributed by atoms with E-state index in [0.29, 0.717) is 12.2 Å². The second-order valence-corrected chi connectivity index (χ2v) is 5.76. The zero-order valence-corrected chi connectivity index (χ0v) is 14.7. The highest BCUT2D eigenvalue weighted by atomic mass is 19.1. The first-order valence-corrected chi connectivity index (χ1v) is 8.49. The number of hydrogen-bond acceptors (Lipinski definition) is 3. The Hall–Kier alpha value is -3.54. The molecule has 2 aromatic carbocycles. The van der Waals surface area contributed by atoms with E-state index in [1.807, 2.05) is 37.3 Å². The van der Waals surface area contributed by atoms with E-state index in [2.05, 4.69) is 10.3 Å². The molecule has 0 bridgehead atoms. The summed E-state index contributed by atoms with van der Waals surface area (Å²) in [5, 5.41) is 2.57. The predicted octanol–water partition coefficient (Wildman–Crippen LogP) is 4.14. The number of anilines is 2. The number of halogens is 1. The van der Waals surface area contributed by atoms with E-state index >= 15 is 0 Å². The van der Waals surface area contributed by atoms with Crippen LogP contribution in [0.4, 0.5) is 15.8 Å². The predicted molar refractivity (Wildman–Crippen MR) is 102 cm³/mol. The first-order chi connectivity index (χ1) is 13.1. The van der Waals surface area contributed by atoms with Crippen LogP contribution in [0, 0.1) is 5.82 Å². The standard InChI is InChI=1S/C21H18FN3O2/c1-2-25(17-10-4-3-5-11-17)21(27)19-13-7-12-18(24-19)20(26)23-16-9-6-8-15(22)14-16/h3-14H,2H2,1H3,(H,23,26). The van der Waals surface area contributed by atoms with Crippen LogP contribution < -0.4 is 10.2 Å². The molecule has 0 saturated heterocycles. The van der Waals surface area contributed by atoms with Gasteiger partial charge in [-0.15, -0.1) is 0 Å². The normalized spacial score (nSPS) is 10.3. The molecule has 1 N–H and O–H groups in total. The van der Waals surface area contributed by atoms with E-state index in [4.69, 9.17) is 0 Å². The number of nitrogens with one attached hydrogen (secondary N) is 1. The van der Waals surface area contributed by atoms with E-state index in [-0.39, 0.29) is 17.3 Å². The topological polar surface area (TPSA) is 62.3 Å². The number of carbonyl (C=O) groups excluding carboxylic acids is 2. The number of nitrogens with zero attached hydrogens (tertiary/aromatic N) is 2. The second kappa shape index (κ2) is 8.23. The maximum atomic E-state index is 13.3. The van der Waals surface area contributed by atoms with Crippen LogP contribution in [0.25, 0.3) is 0 Å². The van der Waals surface area contributed by atoms with Gasteiger partial charge in [0.1, 0.15) is 17.2 Å². The highest BCUT2D eigenvalue weighted by Crippen LogP contribution is 2.16. The molecule has 3 aromatic rings. The monoisotopic (exact) mass is 363 g/mol. The maximum Gasteiger partial charge on any atom is 0.276 e. The van der Waals surface area contributed by atoms with Crippen LogP contribution in [-0.2, 0) is 0 Å². The molecule has 5 nitrogen and oxygen atoms in total. The SMILES string of the molecule is CCN(C(=O)c1cccc(C(=O)Nc2cccc(F)c2)n1)c1ccccc1. The number of rotatable bonds is 5. The maximum absolute atomic E-state index is 13.3. The fourth-order valence-electron chi connectivity index (χ4n) is 2.63. The van der Waals surface area contributed by atoms with Crippen molar-refractivity contribution in [1.29, 1.82) is 0 Å². The fraction of sp³-hybridized carbons (Fsp3) is 0.0952. The number of pyridine rings is 1. The van der Waals surface area contributed by atoms with Gasteiger partial charge in [-0.25, -0.2) is 9.37 Å². The molecule has 1 heterocycles. The Morgan fingerprint density at radius 1 is 0.963 bits per heavy atom. The van der Waals surface area contributed by atoms with Crippen molar-refractivity contribution in [2.45, 2.75) is 6.92 Å². The molecule has 0 radical (unpaired) electrons. The lowest BCUT2D eigenvalue weighted by molar-refractivity contribution is 0.0983. The van der Waals surface area contributed by atoms with Gasteiger partial charge >= 0.3 is 0 Å². The Morgan fingerprint density at radius 3 is 2.37 bits per heavy atom. The first-order valence-electron chi connectivity index (χ1n) is 8.49. The summed E-state index contributed by atoms with van der Waals surface area (Å²) in [6.07, 6.45) is 0. The number of hydrogen-bond donors (Lipinski definition) is 1. The number of amides is 2. The fourth-order valence-corrected chi connectivity index (χ4v) is 2.63. The van der Waals surface area contributed by atoms with Crippen molar-refractivity contribution < 1.29 is 14.0 Å². The summed E-state index contributed by atoms with van der Waals surface area (Å²) in [6, 6.07) is 19.5. The third-order valence-electron chi connectivity index (χ3n) is 3.91. The zero-order chi connectivity index (χ0) is 19.2. The quantitative estimate of drug-likeness (QED) is 0.741. The van der Waals surface area contributed by atoms with Gasteiger partial charge in [-0.05, 0) is 49.4 Å². The Balaban J connectivity index is 1.82. The Bertz CT molecular complexity index is 960. The van der Waals surface area contributed by atoms with E-state index < -0.39 is 11.7 Å². The van der Waals surface area contributed by atoms with Crippen molar-refractivity contribution in [2.75, 3.05) is 16.8 Å². The number of para-hydroxylation sites is 1. The van der Waals surface area contributed by atoms with Crippen LogP contribution in [0.3, 0.4) is 0 Å². The molecule has 0 atom stereocenters. The minimum atomic E-state index is -0.516. The first kappa shape index (κ1) is 18.3. The summed E-state index contributed by atoms with van der Waals surface area (Å²) in [5.41, 5.74) is 1.31. The van der Waals surface area contributed by atoms with E-state index in [1.165, 1.54) is 24.3 Å². The molecule has 3 rings (SSSR count). The van der Waals surface area contributed by atoms with E-state index in [0.717, 1.165) is 5.69 Å². The van der Waals surface area contributed by atoms with Crippen molar-refractivity contribution in [3.8, 4) is 0 Å². The van der Waals surface area contributed by atoms with Crippen LogP contribution in [0.15, 0.2) is 72.8 Å². The summed E-state index contributed by atoms with van der Waals surface area (Å²) in [6.45, 7) is 2.33. The number of benzene rings is 2. The summed E-state index contributed by atoms with van der Waals surface area (Å²) in [7, 11) is 0. The summed E-state index contributed by atoms with van der Waals surface area (Å²) < 4.78 is 13.3. The molecule has 0 fully saturated rings. The van der Waals surface area contributed by atoms with Crippen LogP contribution in [0.1, 0.15) is 27.9 Å². The van der Waals surface area contributed by atoms with Gasteiger partial charge in [0.05, 0.1) is 0 Å². The minimum Gasteiger partial charge on any atom is -0.321 e. The third kappa shape index (κ3) is 4.36. The van der Waals surface area contributed by atoms with E-state index in [1.54, 1.807) is 23.1 Å². The molecule has 0 unspecified atom stereocenters. The Morgan fingerprint density at radius 2 is 1.67 bits per heavy atom. The average Bonchev–Trinajstić information content (AvgIpc) is 2.69. The Kier molecular flexibility index (Phi) is 5.56. The summed E-state index contributed by atoms with van der Waals surface area (Å²) >= 11 is 0. The average molecular weight is 363 g/mol. The van der Waals surface area contributed by atoms with Gasteiger partial charge in [-0.2, -0.15) is 0 Å². The molecule has 27 heavy (non-hydrogen) atoms. The van der Waals surface area contributed by atoms with Gasteiger partial charge < -0.3 is 10.2 Å². The summed E-state index contributed by atoms with van der Waals surface area (Å²) in [5.74, 6) is -1.27. The van der Waals surface area contributed by atoms with Gasteiger partial charge in [-0.1, -0.05) is 30.3 Å². The molecule has 0 aliphatic carbocycles. The van der Waals surface area contributed by atoms with Gasteiger partial charge in [0.15, 0.2) is 0 Å². The van der Waals surface area contributed by atoms with Crippen molar-refractivity contribution >= 4 is 23.2 Å². The van der Waals surface area contributed by atoms with Crippen LogP contribution in [0.2, 0.25) is 0 Å². The molecule has 0 aliphatic heterocycles. The third-order valence-corrected chi connectivity index (χ3v) is 3.91. The highest BCUT2D eigenvalue weighted by Gasteiger charge is 2.19. The molecular formula is C21H18FN3O2. The van der Waals surface area contributed by atoms with Gasteiger partial charge in [0.2, 0.25) is 0 Å². The van der Waals surface area contributed by atoms with Gasteiger partial charge in [-0.3, -0.25) is 9.59 Å². The number of aromatic nitrogens is 1. The van der Waals surface area contributed by atoms with E-state index in [9.17, 15) is 14.0 Å². The minimum absolute atomic E-state index is 0.0780. The van der Waals surface area contributed by atoms with Gasteiger partial charge in [0.25, 0.3) is 11.8 Å². The van der Waals surface area contributed by atoms with Crippen molar-refractivity contribution in [3.05, 3.63) is 90.0 Å². The van der Waals surface area contributed by atoms with Crippen molar-refractivity contribution in [1.82, 2.24) is 4.98 Å². The largest absolute Gasteiger partial charge is 0.321 e. The molecule has 136 valence electrons. The van der Waals surface area contributed by atoms with Gasteiger partial charge in [0, 0.05) is 17.9 Å². The van der Waals surface area contributed by atoms with Crippen LogP contribution in [-0.4, -0.2) is 23.3 Å². The second-order valence-electron chi connectivity index (χ2n) is 5.76. The molecule has 2 amide bonds. The molecule has 0 saturated carbocycles. The number of carbonyl (C=O) groups is 2. The molecule has 1 aromatic heterocycles. The highest BCUT2D eigenvalue weighted by molar-refractivity contribution is 6.07. The molecule has 0 aliphatic rings. The van der Waals surface area contributed by atoms with Crippen molar-refractivity contribution in [2.24, 2.45) is 0 Å². The summed E-state index contributed by atoms with van der Waals surface area (Å²) in [4.78, 5) is 31.0. The Labute approximate surface area is 156 Å². The lowest BCUT2D eigenvalue weighted by atomic mass is 10.2. The lowest BCUT2D eigenvalue weighted by Crippen LogP contribution is -2.31. The molecule has 0 spiro atoms.